The zero-order valence-electron chi connectivity index (χ0n) is 8.36. The molecule has 0 radical (unpaired) electrons. The number of nitrogens with one attached hydrogen (secondary N) is 1. The fraction of sp³-hybridized carbons (Fsp3) is 1.00. The Kier molecular flexibility index (Phi) is 3.10. The maximum absolute atomic E-state index is 13.0. The molecule has 0 aromatic carbocycles. The second-order valence-corrected chi connectivity index (χ2v) is 4.59. The normalized spacial score (nSPS) is 35.2. The minimum Gasteiger partial charge on any atom is -0.315 e. The molecule has 1 N–H and O–H groups in total. The maximum atomic E-state index is 13.0. The summed E-state index contributed by atoms with van der Waals surface area (Å²) in [7, 11) is 0. The number of hydrogen-bond donors (Lipinski definition) is 1. The molecular formula is C10H20FN. The monoisotopic (exact) mass is 173 g/mol. The minimum atomic E-state index is -0.845. The van der Waals surface area contributed by atoms with Gasteiger partial charge in [-0.3, -0.25) is 0 Å². The van der Waals surface area contributed by atoms with Crippen LogP contribution in [0, 0.1) is 5.92 Å². The molecule has 1 aliphatic rings. The smallest absolute Gasteiger partial charge is 0.108 e. The molecule has 1 fully saturated rings. The van der Waals surface area contributed by atoms with Gasteiger partial charge in [0, 0.05) is 6.04 Å². The van der Waals surface area contributed by atoms with E-state index < -0.39 is 5.67 Å². The van der Waals surface area contributed by atoms with Gasteiger partial charge in [-0.15, -0.1) is 0 Å². The van der Waals surface area contributed by atoms with E-state index in [4.69, 9.17) is 0 Å². The average Bonchev–Trinajstić information content (AvgIpc) is 1.82. The fourth-order valence-electron chi connectivity index (χ4n) is 1.92. The van der Waals surface area contributed by atoms with Crippen LogP contribution in [0.25, 0.3) is 0 Å². The lowest BCUT2D eigenvalue weighted by molar-refractivity contribution is 0.0215. The van der Waals surface area contributed by atoms with E-state index in [2.05, 4.69) is 19.2 Å². The second kappa shape index (κ2) is 3.73. The maximum Gasteiger partial charge on any atom is 0.108 e. The summed E-state index contributed by atoms with van der Waals surface area (Å²) in [5.74, 6) is 0.631. The molecule has 0 amide bonds. The van der Waals surface area contributed by atoms with E-state index in [-0.39, 0.29) is 0 Å². The van der Waals surface area contributed by atoms with Crippen LogP contribution in [0.1, 0.15) is 40.0 Å². The quantitative estimate of drug-likeness (QED) is 0.688. The van der Waals surface area contributed by atoms with Crippen LogP contribution in [0.4, 0.5) is 4.39 Å². The Labute approximate surface area is 74.7 Å². The van der Waals surface area contributed by atoms with E-state index in [1.54, 1.807) is 6.92 Å². The highest BCUT2D eigenvalue weighted by Gasteiger charge is 2.39. The Morgan fingerprint density at radius 2 is 2.08 bits per heavy atom. The SMILES string of the molecule is CC(C)NCCC1CC(C)(F)C1. The van der Waals surface area contributed by atoms with Gasteiger partial charge < -0.3 is 5.32 Å². The van der Waals surface area contributed by atoms with E-state index >= 15 is 0 Å². The van der Waals surface area contributed by atoms with Gasteiger partial charge in [0.2, 0.25) is 0 Å². The predicted octanol–water partition coefficient (Wildman–Crippen LogP) is 2.51. The predicted molar refractivity (Wildman–Crippen MR) is 50.0 cm³/mol. The number of halogens is 1. The number of hydrogen-bond acceptors (Lipinski definition) is 1. The second-order valence-electron chi connectivity index (χ2n) is 4.59. The van der Waals surface area contributed by atoms with Crippen molar-refractivity contribution < 1.29 is 4.39 Å². The molecule has 0 aromatic heterocycles. The lowest BCUT2D eigenvalue weighted by Gasteiger charge is -2.38. The Morgan fingerprint density at radius 1 is 1.50 bits per heavy atom. The van der Waals surface area contributed by atoms with Crippen molar-refractivity contribution in [1.82, 2.24) is 5.32 Å². The summed E-state index contributed by atoms with van der Waals surface area (Å²) < 4.78 is 13.0. The molecule has 0 atom stereocenters. The molecule has 0 bridgehead atoms. The van der Waals surface area contributed by atoms with Crippen LogP contribution in [0.2, 0.25) is 0 Å². The van der Waals surface area contributed by atoms with Gasteiger partial charge in [0.25, 0.3) is 0 Å². The van der Waals surface area contributed by atoms with Gasteiger partial charge in [0.1, 0.15) is 5.67 Å². The number of alkyl halides is 1. The number of rotatable bonds is 4. The van der Waals surface area contributed by atoms with E-state index in [1.807, 2.05) is 0 Å². The molecule has 72 valence electrons. The highest BCUT2D eigenvalue weighted by atomic mass is 19.1. The standard InChI is InChI=1S/C10H20FN/c1-8(2)12-5-4-9-6-10(3,11)7-9/h8-9,12H,4-7H2,1-3H3. The van der Waals surface area contributed by atoms with Crippen molar-refractivity contribution in [1.29, 1.82) is 0 Å². The average molecular weight is 173 g/mol. The zero-order valence-corrected chi connectivity index (χ0v) is 8.36. The molecule has 0 spiro atoms. The largest absolute Gasteiger partial charge is 0.315 e. The molecule has 1 aliphatic carbocycles. The van der Waals surface area contributed by atoms with Crippen LogP contribution < -0.4 is 5.32 Å². The van der Waals surface area contributed by atoms with Gasteiger partial charge in [-0.2, -0.15) is 0 Å². The van der Waals surface area contributed by atoms with Gasteiger partial charge in [0.15, 0.2) is 0 Å². The first-order valence-electron chi connectivity index (χ1n) is 4.92. The van der Waals surface area contributed by atoms with Gasteiger partial charge >= 0.3 is 0 Å². The lowest BCUT2D eigenvalue weighted by Crippen LogP contribution is -2.38. The third-order valence-electron chi connectivity index (χ3n) is 2.53. The molecule has 1 rings (SSSR count). The van der Waals surface area contributed by atoms with Crippen LogP contribution in [0.5, 0.6) is 0 Å². The third-order valence-corrected chi connectivity index (χ3v) is 2.53. The Hall–Kier alpha value is -0.110. The molecule has 0 aromatic rings. The van der Waals surface area contributed by atoms with Crippen molar-refractivity contribution in [3.63, 3.8) is 0 Å². The van der Waals surface area contributed by atoms with Crippen molar-refractivity contribution in [3.8, 4) is 0 Å². The lowest BCUT2D eigenvalue weighted by atomic mass is 9.72. The summed E-state index contributed by atoms with van der Waals surface area (Å²) in [6, 6.07) is 0.557. The van der Waals surface area contributed by atoms with Crippen LogP contribution in [0.15, 0.2) is 0 Å². The molecular weight excluding hydrogens is 153 g/mol. The molecule has 1 nitrogen and oxygen atoms in total. The van der Waals surface area contributed by atoms with Gasteiger partial charge in [-0.05, 0) is 38.6 Å². The van der Waals surface area contributed by atoms with Crippen LogP contribution in [-0.4, -0.2) is 18.3 Å². The van der Waals surface area contributed by atoms with Crippen molar-refractivity contribution in [2.75, 3.05) is 6.54 Å². The first-order valence-corrected chi connectivity index (χ1v) is 4.92. The molecule has 0 aliphatic heterocycles. The van der Waals surface area contributed by atoms with Gasteiger partial charge in [-0.1, -0.05) is 13.8 Å². The van der Waals surface area contributed by atoms with Gasteiger partial charge in [-0.25, -0.2) is 4.39 Å². The van der Waals surface area contributed by atoms with Crippen LogP contribution >= 0.6 is 0 Å². The molecule has 12 heavy (non-hydrogen) atoms. The van der Waals surface area contributed by atoms with Crippen molar-refractivity contribution >= 4 is 0 Å². The highest BCUT2D eigenvalue weighted by Crippen LogP contribution is 2.42. The zero-order chi connectivity index (χ0) is 9.19. The summed E-state index contributed by atoms with van der Waals surface area (Å²) in [5, 5.41) is 3.35. The minimum absolute atomic E-state index is 0.557. The topological polar surface area (TPSA) is 12.0 Å². The van der Waals surface area contributed by atoms with E-state index in [0.29, 0.717) is 12.0 Å². The first-order chi connectivity index (χ1) is 5.49. The van der Waals surface area contributed by atoms with E-state index in [1.165, 1.54) is 0 Å². The Balaban J connectivity index is 1.97. The van der Waals surface area contributed by atoms with E-state index in [0.717, 1.165) is 25.8 Å². The highest BCUT2D eigenvalue weighted by molar-refractivity contribution is 4.90. The summed E-state index contributed by atoms with van der Waals surface area (Å²) in [6.45, 7) is 7.03. The van der Waals surface area contributed by atoms with Crippen LogP contribution in [-0.2, 0) is 0 Å². The van der Waals surface area contributed by atoms with Crippen molar-refractivity contribution in [2.24, 2.45) is 5.92 Å². The molecule has 1 saturated carbocycles. The van der Waals surface area contributed by atoms with E-state index in [9.17, 15) is 4.39 Å². The molecule has 0 unspecified atom stereocenters. The third kappa shape index (κ3) is 3.10. The summed E-state index contributed by atoms with van der Waals surface area (Å²) in [5.41, 5.74) is -0.845. The summed E-state index contributed by atoms with van der Waals surface area (Å²) >= 11 is 0. The Morgan fingerprint density at radius 3 is 2.50 bits per heavy atom. The van der Waals surface area contributed by atoms with Crippen molar-refractivity contribution in [2.45, 2.75) is 51.7 Å². The molecule has 2 heteroatoms. The van der Waals surface area contributed by atoms with Crippen LogP contribution in [0.3, 0.4) is 0 Å². The molecule has 0 saturated heterocycles. The first kappa shape index (κ1) is 9.97. The van der Waals surface area contributed by atoms with Crippen molar-refractivity contribution in [3.05, 3.63) is 0 Å². The summed E-state index contributed by atoms with van der Waals surface area (Å²) in [6.07, 6.45) is 2.68. The molecule has 0 heterocycles. The summed E-state index contributed by atoms with van der Waals surface area (Å²) in [4.78, 5) is 0. The Bertz CT molecular complexity index is 135. The van der Waals surface area contributed by atoms with Gasteiger partial charge in [0.05, 0.1) is 0 Å². The fourth-order valence-corrected chi connectivity index (χ4v) is 1.92.